The zero-order valence-corrected chi connectivity index (χ0v) is 14.0. The molecule has 1 aromatic carbocycles. The number of anilines is 1. The Morgan fingerprint density at radius 1 is 1.21 bits per heavy atom. The first kappa shape index (κ1) is 15.4. The number of thioether (sulfide) groups is 1. The second-order valence-corrected chi connectivity index (χ2v) is 7.28. The van der Waals surface area contributed by atoms with Crippen molar-refractivity contribution in [3.63, 3.8) is 0 Å². The van der Waals surface area contributed by atoms with E-state index in [1.165, 1.54) is 6.33 Å². The fraction of sp³-hybridized carbons (Fsp3) is 0.353. The van der Waals surface area contributed by atoms with Gasteiger partial charge in [-0.25, -0.2) is 4.98 Å². The molecule has 0 saturated carbocycles. The van der Waals surface area contributed by atoms with Crippen LogP contribution < -0.4 is 5.32 Å². The van der Waals surface area contributed by atoms with Gasteiger partial charge in [-0.2, -0.15) is 26.4 Å². The molecule has 7 heteroatoms. The molecule has 1 aliphatic rings. The lowest BCUT2D eigenvalue weighted by atomic mass is 9.97. The lowest BCUT2D eigenvalue weighted by Crippen LogP contribution is -2.40. The molecule has 2 N–H and O–H groups in total. The van der Waals surface area contributed by atoms with Crippen molar-refractivity contribution >= 4 is 23.4 Å². The van der Waals surface area contributed by atoms with E-state index in [1.807, 2.05) is 48.2 Å². The Bertz CT molecular complexity index is 829. The number of hydrogen-bond donors (Lipinski definition) is 2. The van der Waals surface area contributed by atoms with Gasteiger partial charge in [0.05, 0.1) is 11.3 Å². The molecule has 0 aliphatic carbocycles. The normalized spacial score (nSPS) is 17.0. The first-order valence-corrected chi connectivity index (χ1v) is 9.19. The summed E-state index contributed by atoms with van der Waals surface area (Å²) in [5, 5.41) is 18.3. The Kier molecular flexibility index (Phi) is 4.12. The number of nitrogens with one attached hydrogen (secondary N) is 1. The molecule has 6 nitrogen and oxygen atoms in total. The summed E-state index contributed by atoms with van der Waals surface area (Å²) in [5.41, 5.74) is 1.21. The van der Waals surface area contributed by atoms with E-state index in [-0.39, 0.29) is 0 Å². The van der Waals surface area contributed by atoms with E-state index in [9.17, 15) is 5.11 Å². The summed E-state index contributed by atoms with van der Waals surface area (Å²) in [6, 6.07) is 11.9. The molecule has 0 radical (unpaired) electrons. The van der Waals surface area contributed by atoms with Crippen molar-refractivity contribution in [3.05, 3.63) is 42.7 Å². The summed E-state index contributed by atoms with van der Waals surface area (Å²) >= 11 is 1.90. The number of rotatable bonds is 4. The molecular weight excluding hydrogens is 322 g/mol. The van der Waals surface area contributed by atoms with Gasteiger partial charge in [0.15, 0.2) is 0 Å². The minimum Gasteiger partial charge on any atom is -0.388 e. The van der Waals surface area contributed by atoms with Crippen LogP contribution in [-0.4, -0.2) is 48.3 Å². The van der Waals surface area contributed by atoms with Gasteiger partial charge in [-0.05, 0) is 24.3 Å². The summed E-state index contributed by atoms with van der Waals surface area (Å²) in [5.74, 6) is 3.35. The van der Waals surface area contributed by atoms with E-state index in [0.717, 1.165) is 41.4 Å². The second-order valence-electron chi connectivity index (χ2n) is 6.05. The zero-order chi connectivity index (χ0) is 16.4. The number of aromatic nitrogens is 4. The SMILES string of the molecule is OC1(CNc2cc(-c3ccccc3)nc3ncnn23)CCSCC1. The lowest BCUT2D eigenvalue weighted by molar-refractivity contribution is 0.0453. The largest absolute Gasteiger partial charge is 0.388 e. The quantitative estimate of drug-likeness (QED) is 0.759. The van der Waals surface area contributed by atoms with E-state index in [4.69, 9.17) is 0 Å². The van der Waals surface area contributed by atoms with Crippen molar-refractivity contribution in [2.24, 2.45) is 0 Å². The van der Waals surface area contributed by atoms with Crippen molar-refractivity contribution in [2.45, 2.75) is 18.4 Å². The minimum atomic E-state index is -0.658. The standard InChI is InChI=1S/C17H19N5OS/c23-17(6-8-24-9-7-17)11-18-15-10-14(13-4-2-1-3-5-13)21-16-19-12-20-22(15)16/h1-5,10,12,18,23H,6-9,11H2. The zero-order valence-electron chi connectivity index (χ0n) is 13.2. The molecule has 4 rings (SSSR count). The van der Waals surface area contributed by atoms with Gasteiger partial charge in [0.2, 0.25) is 0 Å². The van der Waals surface area contributed by atoms with Gasteiger partial charge in [0.25, 0.3) is 5.78 Å². The average Bonchev–Trinajstić information content (AvgIpc) is 3.10. The van der Waals surface area contributed by atoms with Crippen LogP contribution in [0.4, 0.5) is 5.82 Å². The smallest absolute Gasteiger partial charge is 0.254 e. The fourth-order valence-corrected chi connectivity index (χ4v) is 4.13. The van der Waals surface area contributed by atoms with E-state index >= 15 is 0 Å². The maximum Gasteiger partial charge on any atom is 0.254 e. The molecule has 124 valence electrons. The maximum atomic E-state index is 10.7. The topological polar surface area (TPSA) is 75.3 Å². The van der Waals surface area contributed by atoms with Crippen LogP contribution in [0.5, 0.6) is 0 Å². The van der Waals surface area contributed by atoms with Crippen LogP contribution in [0.25, 0.3) is 17.0 Å². The third kappa shape index (κ3) is 3.09. The number of nitrogens with zero attached hydrogens (tertiary/aromatic N) is 4. The summed E-state index contributed by atoms with van der Waals surface area (Å²) in [6.07, 6.45) is 3.11. The molecular formula is C17H19N5OS. The first-order valence-electron chi connectivity index (χ1n) is 8.04. The molecule has 3 heterocycles. The van der Waals surface area contributed by atoms with Crippen molar-refractivity contribution in [1.82, 2.24) is 19.6 Å². The molecule has 1 aliphatic heterocycles. The Morgan fingerprint density at radius 2 is 2.00 bits per heavy atom. The van der Waals surface area contributed by atoms with Gasteiger partial charge in [0, 0.05) is 18.2 Å². The average molecular weight is 341 g/mol. The highest BCUT2D eigenvalue weighted by atomic mass is 32.2. The Labute approximate surface area is 144 Å². The summed E-state index contributed by atoms with van der Waals surface area (Å²) < 4.78 is 1.67. The van der Waals surface area contributed by atoms with Gasteiger partial charge in [0.1, 0.15) is 12.1 Å². The Morgan fingerprint density at radius 3 is 2.79 bits per heavy atom. The predicted molar refractivity (Wildman–Crippen MR) is 96.2 cm³/mol. The highest BCUT2D eigenvalue weighted by Crippen LogP contribution is 2.28. The monoisotopic (exact) mass is 341 g/mol. The van der Waals surface area contributed by atoms with Crippen LogP contribution in [-0.2, 0) is 0 Å². The van der Waals surface area contributed by atoms with Crippen molar-refractivity contribution < 1.29 is 5.11 Å². The van der Waals surface area contributed by atoms with Crippen molar-refractivity contribution in [2.75, 3.05) is 23.4 Å². The molecule has 0 spiro atoms. The van der Waals surface area contributed by atoms with Gasteiger partial charge in [-0.3, -0.25) is 0 Å². The van der Waals surface area contributed by atoms with Crippen LogP contribution in [0, 0.1) is 0 Å². The number of hydrogen-bond acceptors (Lipinski definition) is 6. The van der Waals surface area contributed by atoms with Crippen LogP contribution in [0.15, 0.2) is 42.7 Å². The fourth-order valence-electron chi connectivity index (χ4n) is 2.88. The molecule has 1 saturated heterocycles. The third-order valence-corrected chi connectivity index (χ3v) is 5.33. The Hall–Kier alpha value is -2.12. The van der Waals surface area contributed by atoms with Gasteiger partial charge >= 0.3 is 0 Å². The Balaban J connectivity index is 1.65. The molecule has 0 amide bonds. The van der Waals surface area contributed by atoms with Gasteiger partial charge < -0.3 is 10.4 Å². The molecule has 0 unspecified atom stereocenters. The second kappa shape index (κ2) is 6.41. The minimum absolute atomic E-state index is 0.501. The molecule has 24 heavy (non-hydrogen) atoms. The van der Waals surface area contributed by atoms with E-state index in [1.54, 1.807) is 4.52 Å². The van der Waals surface area contributed by atoms with Crippen LogP contribution >= 0.6 is 11.8 Å². The lowest BCUT2D eigenvalue weighted by Gasteiger charge is -2.32. The van der Waals surface area contributed by atoms with Gasteiger partial charge in [-0.1, -0.05) is 30.3 Å². The predicted octanol–water partition coefficient (Wildman–Crippen LogP) is 2.46. The first-order chi connectivity index (χ1) is 11.7. The van der Waals surface area contributed by atoms with E-state index in [0.29, 0.717) is 12.3 Å². The summed E-state index contributed by atoms with van der Waals surface area (Å²) in [7, 11) is 0. The summed E-state index contributed by atoms with van der Waals surface area (Å²) in [6.45, 7) is 0.501. The van der Waals surface area contributed by atoms with E-state index < -0.39 is 5.60 Å². The number of benzene rings is 1. The van der Waals surface area contributed by atoms with Crippen LogP contribution in [0.1, 0.15) is 12.8 Å². The maximum absolute atomic E-state index is 10.7. The highest BCUT2D eigenvalue weighted by molar-refractivity contribution is 7.99. The number of fused-ring (bicyclic) bond motifs is 1. The molecule has 2 aromatic heterocycles. The number of aliphatic hydroxyl groups is 1. The van der Waals surface area contributed by atoms with Gasteiger partial charge in [-0.15, -0.1) is 0 Å². The third-order valence-electron chi connectivity index (χ3n) is 4.34. The van der Waals surface area contributed by atoms with Crippen molar-refractivity contribution in [1.29, 1.82) is 0 Å². The van der Waals surface area contributed by atoms with Crippen molar-refractivity contribution in [3.8, 4) is 11.3 Å². The van der Waals surface area contributed by atoms with Crippen LogP contribution in [0.3, 0.4) is 0 Å². The van der Waals surface area contributed by atoms with E-state index in [2.05, 4.69) is 20.4 Å². The highest BCUT2D eigenvalue weighted by Gasteiger charge is 2.29. The summed E-state index contributed by atoms with van der Waals surface area (Å²) in [4.78, 5) is 8.77. The van der Waals surface area contributed by atoms with Crippen LogP contribution in [0.2, 0.25) is 0 Å². The molecule has 1 fully saturated rings. The molecule has 0 bridgehead atoms. The molecule has 3 aromatic rings. The molecule has 0 atom stereocenters.